The summed E-state index contributed by atoms with van der Waals surface area (Å²) in [5.41, 5.74) is 2.35. The van der Waals surface area contributed by atoms with E-state index in [0.29, 0.717) is 6.04 Å². The highest BCUT2D eigenvalue weighted by Crippen LogP contribution is 2.31. The molecule has 0 fully saturated rings. The number of benzene rings is 1. The first-order chi connectivity index (χ1) is 8.74. The second-order valence-electron chi connectivity index (χ2n) is 4.32. The molecule has 2 aromatic heterocycles. The van der Waals surface area contributed by atoms with Crippen LogP contribution in [0.2, 0.25) is 0 Å². The van der Waals surface area contributed by atoms with E-state index >= 15 is 0 Å². The zero-order valence-corrected chi connectivity index (χ0v) is 11.9. The van der Waals surface area contributed by atoms with Crippen molar-refractivity contribution in [1.29, 1.82) is 0 Å². The molecule has 1 N–H and O–H groups in total. The van der Waals surface area contributed by atoms with Crippen molar-refractivity contribution in [1.82, 2.24) is 4.98 Å². The molecule has 1 atom stereocenters. The number of aryl methyl sites for hydroxylation is 1. The third kappa shape index (κ3) is 2.13. The van der Waals surface area contributed by atoms with E-state index in [1.165, 1.54) is 15.1 Å². The van der Waals surface area contributed by atoms with E-state index in [1.807, 2.05) is 0 Å². The van der Waals surface area contributed by atoms with E-state index in [1.54, 1.807) is 22.7 Å². The van der Waals surface area contributed by atoms with Crippen LogP contribution in [0.15, 0.2) is 35.7 Å². The molecule has 0 aliphatic carbocycles. The molecule has 2 heterocycles. The number of hydrogen-bond acceptors (Lipinski definition) is 4. The van der Waals surface area contributed by atoms with Crippen LogP contribution in [0, 0.1) is 6.92 Å². The number of thiazole rings is 1. The summed E-state index contributed by atoms with van der Waals surface area (Å²) < 4.78 is 1.25. The predicted octanol–water partition coefficient (Wildman–Crippen LogP) is 4.84. The molecule has 0 aliphatic rings. The second-order valence-corrected chi connectivity index (χ2v) is 6.33. The molecule has 0 spiro atoms. The van der Waals surface area contributed by atoms with Gasteiger partial charge in [0.2, 0.25) is 0 Å². The Morgan fingerprint density at radius 3 is 2.83 bits per heavy atom. The summed E-state index contributed by atoms with van der Waals surface area (Å²) in [6, 6.07) is 10.9. The molecule has 0 amide bonds. The van der Waals surface area contributed by atoms with Gasteiger partial charge in [0.1, 0.15) is 0 Å². The van der Waals surface area contributed by atoms with Crippen molar-refractivity contribution in [3.63, 3.8) is 0 Å². The minimum absolute atomic E-state index is 0.311. The maximum absolute atomic E-state index is 4.67. The summed E-state index contributed by atoms with van der Waals surface area (Å²) >= 11 is 3.49. The number of para-hydroxylation sites is 1. The molecule has 92 valence electrons. The Labute approximate surface area is 114 Å². The van der Waals surface area contributed by atoms with E-state index in [4.69, 9.17) is 0 Å². The smallest absolute Gasteiger partial charge is 0.184 e. The van der Waals surface area contributed by atoms with Gasteiger partial charge in [-0.3, -0.25) is 0 Å². The number of nitrogens with zero attached hydrogens (tertiary/aromatic N) is 1. The van der Waals surface area contributed by atoms with E-state index in [-0.39, 0.29) is 0 Å². The van der Waals surface area contributed by atoms with Crippen molar-refractivity contribution >= 4 is 38.0 Å². The van der Waals surface area contributed by atoms with Gasteiger partial charge in [0, 0.05) is 4.88 Å². The van der Waals surface area contributed by atoms with Crippen LogP contribution in [0.4, 0.5) is 5.13 Å². The van der Waals surface area contributed by atoms with Gasteiger partial charge >= 0.3 is 0 Å². The molecule has 3 rings (SSSR count). The third-order valence-electron chi connectivity index (χ3n) is 2.93. The van der Waals surface area contributed by atoms with Crippen LogP contribution >= 0.6 is 22.7 Å². The quantitative estimate of drug-likeness (QED) is 0.739. The number of nitrogens with one attached hydrogen (secondary N) is 1. The largest absolute Gasteiger partial charge is 0.354 e. The zero-order chi connectivity index (χ0) is 12.5. The first kappa shape index (κ1) is 11.7. The summed E-state index contributed by atoms with van der Waals surface area (Å²) in [7, 11) is 0. The molecule has 0 saturated carbocycles. The third-order valence-corrected chi connectivity index (χ3v) is 4.94. The van der Waals surface area contributed by atoms with Gasteiger partial charge in [-0.05, 0) is 36.9 Å². The average molecular weight is 274 g/mol. The first-order valence-electron chi connectivity index (χ1n) is 5.90. The summed E-state index contributed by atoms with van der Waals surface area (Å²) in [6.07, 6.45) is 0. The Bertz CT molecular complexity index is 656. The van der Waals surface area contributed by atoms with E-state index < -0.39 is 0 Å². The lowest BCUT2D eigenvalue weighted by atomic mass is 10.2. The molecule has 0 radical (unpaired) electrons. The summed E-state index contributed by atoms with van der Waals surface area (Å²) in [4.78, 5) is 6.01. The second kappa shape index (κ2) is 4.71. The Morgan fingerprint density at radius 1 is 1.22 bits per heavy atom. The zero-order valence-electron chi connectivity index (χ0n) is 10.3. The highest BCUT2D eigenvalue weighted by Gasteiger charge is 2.10. The van der Waals surface area contributed by atoms with E-state index in [2.05, 4.69) is 59.9 Å². The number of anilines is 1. The lowest BCUT2D eigenvalue weighted by molar-refractivity contribution is 0.905. The highest BCUT2D eigenvalue weighted by molar-refractivity contribution is 7.22. The monoisotopic (exact) mass is 274 g/mol. The SMILES string of the molecule is Cc1cccc2sc(NC(C)c3cccs3)nc12. The Hall–Kier alpha value is -1.39. The van der Waals surface area contributed by atoms with E-state index in [0.717, 1.165) is 10.6 Å². The van der Waals surface area contributed by atoms with Crippen LogP contribution in [0.5, 0.6) is 0 Å². The van der Waals surface area contributed by atoms with Crippen molar-refractivity contribution in [2.45, 2.75) is 19.9 Å². The fourth-order valence-electron chi connectivity index (χ4n) is 1.94. The first-order valence-corrected chi connectivity index (χ1v) is 7.60. The molecule has 2 nitrogen and oxygen atoms in total. The molecule has 3 aromatic rings. The highest BCUT2D eigenvalue weighted by atomic mass is 32.1. The fraction of sp³-hybridized carbons (Fsp3) is 0.214. The summed E-state index contributed by atoms with van der Waals surface area (Å²) in [5, 5.41) is 6.59. The number of thiophene rings is 1. The molecule has 0 aliphatic heterocycles. The number of fused-ring (bicyclic) bond motifs is 1. The van der Waals surface area contributed by atoms with Gasteiger partial charge in [-0.25, -0.2) is 4.98 Å². The van der Waals surface area contributed by atoms with Crippen LogP contribution in [0.3, 0.4) is 0 Å². The van der Waals surface area contributed by atoms with E-state index in [9.17, 15) is 0 Å². The maximum atomic E-state index is 4.67. The van der Waals surface area contributed by atoms with Crippen LogP contribution in [-0.2, 0) is 0 Å². The lowest BCUT2D eigenvalue weighted by Gasteiger charge is -2.09. The summed E-state index contributed by atoms with van der Waals surface area (Å²) in [5.74, 6) is 0. The number of aromatic nitrogens is 1. The maximum Gasteiger partial charge on any atom is 0.184 e. The molecule has 0 bridgehead atoms. The average Bonchev–Trinajstić information content (AvgIpc) is 2.97. The van der Waals surface area contributed by atoms with Gasteiger partial charge in [0.05, 0.1) is 16.3 Å². The number of hydrogen-bond donors (Lipinski definition) is 1. The van der Waals surface area contributed by atoms with Crippen LogP contribution in [0.1, 0.15) is 23.4 Å². The van der Waals surface area contributed by atoms with Gasteiger partial charge in [-0.2, -0.15) is 0 Å². The lowest BCUT2D eigenvalue weighted by Crippen LogP contribution is -2.04. The van der Waals surface area contributed by atoms with Crippen LogP contribution < -0.4 is 5.32 Å². The van der Waals surface area contributed by atoms with Gasteiger partial charge in [0.25, 0.3) is 0 Å². The Morgan fingerprint density at radius 2 is 2.11 bits per heavy atom. The van der Waals surface area contributed by atoms with Crippen molar-refractivity contribution in [2.75, 3.05) is 5.32 Å². The normalized spacial score (nSPS) is 12.8. The van der Waals surface area contributed by atoms with Crippen molar-refractivity contribution in [2.24, 2.45) is 0 Å². The predicted molar refractivity (Wildman–Crippen MR) is 80.7 cm³/mol. The molecule has 1 unspecified atom stereocenters. The minimum atomic E-state index is 0.311. The van der Waals surface area contributed by atoms with Crippen molar-refractivity contribution in [3.05, 3.63) is 46.2 Å². The topological polar surface area (TPSA) is 24.9 Å². The number of rotatable bonds is 3. The van der Waals surface area contributed by atoms with Crippen molar-refractivity contribution in [3.8, 4) is 0 Å². The molecule has 0 saturated heterocycles. The van der Waals surface area contributed by atoms with Crippen LogP contribution in [-0.4, -0.2) is 4.98 Å². The Balaban J connectivity index is 1.89. The summed E-state index contributed by atoms with van der Waals surface area (Å²) in [6.45, 7) is 4.28. The fourth-order valence-corrected chi connectivity index (χ4v) is 3.71. The molecule has 1 aromatic carbocycles. The Kier molecular flexibility index (Phi) is 3.06. The molecule has 18 heavy (non-hydrogen) atoms. The van der Waals surface area contributed by atoms with Gasteiger partial charge in [-0.15, -0.1) is 11.3 Å². The molecular weight excluding hydrogens is 260 g/mol. The van der Waals surface area contributed by atoms with Gasteiger partial charge < -0.3 is 5.32 Å². The van der Waals surface area contributed by atoms with Gasteiger partial charge in [0.15, 0.2) is 5.13 Å². The van der Waals surface area contributed by atoms with Crippen molar-refractivity contribution < 1.29 is 0 Å². The minimum Gasteiger partial charge on any atom is -0.354 e. The standard InChI is InChI=1S/C14H14N2S2/c1-9-5-3-6-12-13(9)16-14(18-12)15-10(2)11-7-4-8-17-11/h3-8,10H,1-2H3,(H,15,16). The molecule has 4 heteroatoms. The van der Waals surface area contributed by atoms with Crippen LogP contribution in [0.25, 0.3) is 10.2 Å². The molecular formula is C14H14N2S2. The van der Waals surface area contributed by atoms with Gasteiger partial charge in [-0.1, -0.05) is 29.5 Å².